The van der Waals surface area contributed by atoms with E-state index in [4.69, 9.17) is 0 Å². The molecule has 2 aromatic rings. The van der Waals surface area contributed by atoms with Crippen molar-refractivity contribution in [2.24, 2.45) is 0 Å². The van der Waals surface area contributed by atoms with E-state index >= 15 is 0 Å². The first kappa shape index (κ1) is 14.2. The van der Waals surface area contributed by atoms with Crippen molar-refractivity contribution in [2.75, 3.05) is 6.67 Å². The summed E-state index contributed by atoms with van der Waals surface area (Å²) in [6.45, 7) is -1.07. The molecule has 2 aromatic carbocycles. The van der Waals surface area contributed by atoms with Crippen LogP contribution >= 0.6 is 0 Å². The van der Waals surface area contributed by atoms with Gasteiger partial charge in [0, 0.05) is 5.56 Å². The topological polar surface area (TPSA) is 17.1 Å². The Bertz CT molecular complexity index is 597. The fraction of sp³-hybridized carbons (Fsp3) is 0.133. The molecule has 0 spiro atoms. The van der Waals surface area contributed by atoms with Crippen molar-refractivity contribution in [1.29, 1.82) is 0 Å². The number of hydrogen-bond acceptors (Lipinski definition) is 1. The quantitative estimate of drug-likeness (QED) is 0.597. The molecule has 1 nitrogen and oxygen atoms in total. The van der Waals surface area contributed by atoms with Gasteiger partial charge in [0.05, 0.1) is 5.56 Å². The molecular formula is C15H10F4O. The molecule has 0 bridgehead atoms. The van der Waals surface area contributed by atoms with E-state index in [1.54, 1.807) is 12.1 Å². The molecule has 5 heteroatoms. The van der Waals surface area contributed by atoms with Crippen LogP contribution in [0.15, 0.2) is 48.5 Å². The Labute approximate surface area is 112 Å². The average molecular weight is 282 g/mol. The van der Waals surface area contributed by atoms with Crippen molar-refractivity contribution in [1.82, 2.24) is 0 Å². The van der Waals surface area contributed by atoms with E-state index in [9.17, 15) is 22.4 Å². The monoisotopic (exact) mass is 282 g/mol. The summed E-state index contributed by atoms with van der Waals surface area (Å²) in [4.78, 5) is 11.1. The van der Waals surface area contributed by atoms with Gasteiger partial charge in [-0.25, -0.2) is 4.39 Å². The number of Topliss-reactive ketones (excluding diaryl/α,β-unsaturated/α-hetero) is 1. The summed E-state index contributed by atoms with van der Waals surface area (Å²) in [5.41, 5.74) is 0.778. The van der Waals surface area contributed by atoms with E-state index in [0.29, 0.717) is 11.1 Å². The summed E-state index contributed by atoms with van der Waals surface area (Å²) in [5, 5.41) is 0. The highest BCUT2D eigenvalue weighted by atomic mass is 19.4. The Hall–Kier alpha value is -2.17. The van der Waals surface area contributed by atoms with Crippen LogP contribution in [0, 0.1) is 0 Å². The van der Waals surface area contributed by atoms with Gasteiger partial charge in [-0.1, -0.05) is 36.4 Å². The Morgan fingerprint density at radius 1 is 0.850 bits per heavy atom. The minimum absolute atomic E-state index is 0.239. The first-order chi connectivity index (χ1) is 9.41. The first-order valence-electron chi connectivity index (χ1n) is 5.78. The second kappa shape index (κ2) is 5.45. The molecule has 0 unspecified atom stereocenters. The van der Waals surface area contributed by atoms with Crippen LogP contribution in [0.2, 0.25) is 0 Å². The largest absolute Gasteiger partial charge is 0.416 e. The van der Waals surface area contributed by atoms with Gasteiger partial charge < -0.3 is 0 Å². The molecule has 0 atom stereocenters. The van der Waals surface area contributed by atoms with Crippen LogP contribution in [0.1, 0.15) is 15.9 Å². The summed E-state index contributed by atoms with van der Waals surface area (Å²) in [6, 6.07) is 10.8. The summed E-state index contributed by atoms with van der Waals surface area (Å²) in [7, 11) is 0. The second-order valence-corrected chi connectivity index (χ2v) is 4.21. The molecule has 0 aliphatic rings. The van der Waals surface area contributed by atoms with Gasteiger partial charge in [0.15, 0.2) is 12.5 Å². The van der Waals surface area contributed by atoms with Crippen molar-refractivity contribution < 1.29 is 22.4 Å². The number of carbonyl (C=O) groups is 1. The molecule has 0 aromatic heterocycles. The Morgan fingerprint density at radius 3 is 1.70 bits per heavy atom. The first-order valence-corrected chi connectivity index (χ1v) is 5.78. The molecule has 0 aliphatic carbocycles. The van der Waals surface area contributed by atoms with E-state index in [2.05, 4.69) is 0 Å². The van der Waals surface area contributed by atoms with E-state index in [1.165, 1.54) is 24.3 Å². The predicted molar refractivity (Wildman–Crippen MR) is 67.2 cm³/mol. The van der Waals surface area contributed by atoms with Crippen LogP contribution in [0.25, 0.3) is 11.1 Å². The molecule has 0 amide bonds. The van der Waals surface area contributed by atoms with Crippen molar-refractivity contribution in [3.05, 3.63) is 59.7 Å². The van der Waals surface area contributed by atoms with Crippen LogP contribution < -0.4 is 0 Å². The van der Waals surface area contributed by atoms with Gasteiger partial charge in [-0.05, 0) is 23.3 Å². The molecule has 0 heterocycles. The number of halogens is 4. The van der Waals surface area contributed by atoms with E-state index < -0.39 is 24.2 Å². The second-order valence-electron chi connectivity index (χ2n) is 4.21. The number of ketones is 1. The summed E-state index contributed by atoms with van der Waals surface area (Å²) < 4.78 is 49.5. The average Bonchev–Trinajstić information content (AvgIpc) is 2.46. The molecule has 0 saturated heterocycles. The van der Waals surface area contributed by atoms with Gasteiger partial charge >= 0.3 is 6.18 Å². The van der Waals surface area contributed by atoms with Crippen LogP contribution in [0.4, 0.5) is 17.6 Å². The summed E-state index contributed by atoms with van der Waals surface area (Å²) in [6.07, 6.45) is -4.37. The molecule has 0 aliphatic heterocycles. The third-order valence-electron chi connectivity index (χ3n) is 2.87. The number of benzene rings is 2. The minimum atomic E-state index is -4.37. The van der Waals surface area contributed by atoms with Gasteiger partial charge in [0.1, 0.15) is 0 Å². The van der Waals surface area contributed by atoms with Crippen molar-refractivity contribution in [3.8, 4) is 11.1 Å². The predicted octanol–water partition coefficient (Wildman–Crippen LogP) is 4.52. The molecule has 20 heavy (non-hydrogen) atoms. The lowest BCUT2D eigenvalue weighted by atomic mass is 10.0. The van der Waals surface area contributed by atoms with E-state index in [0.717, 1.165) is 12.1 Å². The standard InChI is InChI=1S/C15H10F4O/c16-9-14(20)12-3-1-10(2-4-12)11-5-7-13(8-6-11)15(17,18)19/h1-8H,9H2. The molecular weight excluding hydrogens is 272 g/mol. The van der Waals surface area contributed by atoms with Crippen molar-refractivity contribution in [2.45, 2.75) is 6.18 Å². The van der Waals surface area contributed by atoms with Crippen molar-refractivity contribution >= 4 is 5.78 Å². The Balaban J connectivity index is 2.26. The Morgan fingerprint density at radius 2 is 1.30 bits per heavy atom. The normalized spacial score (nSPS) is 11.4. The lowest BCUT2D eigenvalue weighted by Crippen LogP contribution is -2.04. The van der Waals surface area contributed by atoms with Gasteiger partial charge in [-0.3, -0.25) is 4.79 Å². The molecule has 0 radical (unpaired) electrons. The maximum absolute atomic E-state index is 12.4. The van der Waals surface area contributed by atoms with Crippen LogP contribution in [0.3, 0.4) is 0 Å². The zero-order valence-electron chi connectivity index (χ0n) is 10.2. The number of rotatable bonds is 3. The van der Waals surface area contributed by atoms with Crippen LogP contribution in [-0.2, 0) is 6.18 Å². The van der Waals surface area contributed by atoms with E-state index in [-0.39, 0.29) is 5.56 Å². The Kier molecular flexibility index (Phi) is 3.88. The van der Waals surface area contributed by atoms with Crippen LogP contribution in [-0.4, -0.2) is 12.5 Å². The zero-order valence-corrected chi connectivity index (χ0v) is 10.2. The highest BCUT2D eigenvalue weighted by molar-refractivity contribution is 5.97. The number of hydrogen-bond donors (Lipinski definition) is 0. The molecule has 0 N–H and O–H groups in total. The minimum Gasteiger partial charge on any atom is -0.291 e. The lowest BCUT2D eigenvalue weighted by Gasteiger charge is -2.08. The zero-order chi connectivity index (χ0) is 14.8. The van der Waals surface area contributed by atoms with Crippen molar-refractivity contribution in [3.63, 3.8) is 0 Å². The summed E-state index contributed by atoms with van der Waals surface area (Å²) in [5.74, 6) is -0.621. The third kappa shape index (κ3) is 3.04. The van der Waals surface area contributed by atoms with E-state index in [1.807, 2.05) is 0 Å². The molecule has 104 valence electrons. The SMILES string of the molecule is O=C(CF)c1ccc(-c2ccc(C(F)(F)F)cc2)cc1. The van der Waals surface area contributed by atoms with Crippen LogP contribution in [0.5, 0.6) is 0 Å². The highest BCUT2D eigenvalue weighted by Crippen LogP contribution is 2.31. The maximum Gasteiger partial charge on any atom is 0.416 e. The highest BCUT2D eigenvalue weighted by Gasteiger charge is 2.29. The fourth-order valence-electron chi connectivity index (χ4n) is 1.78. The molecule has 2 rings (SSSR count). The smallest absolute Gasteiger partial charge is 0.291 e. The van der Waals surface area contributed by atoms with Gasteiger partial charge in [0.2, 0.25) is 0 Å². The van der Waals surface area contributed by atoms with Gasteiger partial charge in [0.25, 0.3) is 0 Å². The number of carbonyl (C=O) groups excluding carboxylic acids is 1. The summed E-state index contributed by atoms with van der Waals surface area (Å²) >= 11 is 0. The lowest BCUT2D eigenvalue weighted by molar-refractivity contribution is -0.137. The van der Waals surface area contributed by atoms with Gasteiger partial charge in [-0.2, -0.15) is 13.2 Å². The molecule has 0 fully saturated rings. The van der Waals surface area contributed by atoms with Gasteiger partial charge in [-0.15, -0.1) is 0 Å². The third-order valence-corrected chi connectivity index (χ3v) is 2.87. The fourth-order valence-corrected chi connectivity index (χ4v) is 1.78. The maximum atomic E-state index is 12.4. The molecule has 0 saturated carbocycles. The number of alkyl halides is 4.